The van der Waals surface area contributed by atoms with Crippen molar-refractivity contribution in [1.82, 2.24) is 0 Å². The minimum atomic E-state index is -0.614. The summed E-state index contributed by atoms with van der Waals surface area (Å²) in [6.07, 6.45) is 0. The van der Waals surface area contributed by atoms with Crippen molar-refractivity contribution < 1.29 is 0 Å². The maximum Gasteiger partial charge on any atom is 0.0720 e. The van der Waals surface area contributed by atoms with Crippen LogP contribution in [0.4, 0.5) is 17.1 Å². The first-order valence-electron chi connectivity index (χ1n) is 24.6. The second-order valence-electron chi connectivity index (χ2n) is 20.7. The number of hydrogen-bond acceptors (Lipinski definition) is 1. The second-order valence-corrected chi connectivity index (χ2v) is 20.7. The summed E-state index contributed by atoms with van der Waals surface area (Å²) in [6.45, 7) is 9.56. The first-order valence-corrected chi connectivity index (χ1v) is 24.6. The number of nitrogens with zero attached hydrogens (tertiary/aromatic N) is 1. The summed E-state index contributed by atoms with van der Waals surface area (Å²) in [5.74, 6) is 0. The Labute approximate surface area is 406 Å². The third-order valence-electron chi connectivity index (χ3n) is 16.8. The van der Waals surface area contributed by atoms with Gasteiger partial charge in [0.15, 0.2) is 0 Å². The van der Waals surface area contributed by atoms with Crippen LogP contribution in [-0.2, 0) is 21.7 Å². The zero-order valence-corrected chi connectivity index (χ0v) is 39.5. The van der Waals surface area contributed by atoms with E-state index < -0.39 is 10.8 Å². The summed E-state index contributed by atoms with van der Waals surface area (Å²) in [5.41, 5.74) is 25.8. The quantitative estimate of drug-likeness (QED) is 0.166. The molecule has 0 radical (unpaired) electrons. The summed E-state index contributed by atoms with van der Waals surface area (Å²) in [7, 11) is 0. The van der Waals surface area contributed by atoms with E-state index in [4.69, 9.17) is 0 Å². The number of fused-ring (bicyclic) bond motifs is 15. The molecule has 0 saturated carbocycles. The molecule has 4 aliphatic carbocycles. The molecule has 0 aromatic heterocycles. The highest BCUT2D eigenvalue weighted by Crippen LogP contribution is 2.65. The van der Waals surface area contributed by atoms with Crippen molar-refractivity contribution in [1.29, 1.82) is 0 Å². The van der Waals surface area contributed by atoms with Crippen molar-refractivity contribution in [2.45, 2.75) is 49.4 Å². The SMILES string of the molecule is CC1(C)c2ccccc2-c2ccc(N(c3ccc4c(c3)C(C)(C)c3ccccc3-4)c3ccc4c(c3)C3(c5ccccc5-4)c4ccccc4C(c4ccccc4)(c4ccccc4)c4ccccc43)cc21. The minimum Gasteiger partial charge on any atom is -0.310 e. The maximum absolute atomic E-state index is 2.56. The van der Waals surface area contributed by atoms with Gasteiger partial charge in [-0.2, -0.15) is 0 Å². The number of anilines is 3. The van der Waals surface area contributed by atoms with Crippen molar-refractivity contribution in [3.05, 3.63) is 303 Å². The van der Waals surface area contributed by atoms with Crippen molar-refractivity contribution >= 4 is 17.1 Å². The lowest BCUT2D eigenvalue weighted by atomic mass is 9.51. The lowest BCUT2D eigenvalue weighted by Gasteiger charge is -2.50. The largest absolute Gasteiger partial charge is 0.310 e. The molecule has 69 heavy (non-hydrogen) atoms. The van der Waals surface area contributed by atoms with E-state index in [2.05, 4.69) is 269 Å². The molecular weight excluding hydrogens is 831 g/mol. The molecule has 4 aliphatic rings. The Kier molecular flexibility index (Phi) is 8.29. The monoisotopic (exact) mass is 881 g/mol. The number of rotatable bonds is 5. The molecule has 0 aliphatic heterocycles. The van der Waals surface area contributed by atoms with E-state index in [-0.39, 0.29) is 10.8 Å². The van der Waals surface area contributed by atoms with Gasteiger partial charge in [-0.1, -0.05) is 228 Å². The van der Waals surface area contributed by atoms with E-state index >= 15 is 0 Å². The van der Waals surface area contributed by atoms with Crippen LogP contribution in [0.3, 0.4) is 0 Å². The Balaban J connectivity index is 1.05. The fourth-order valence-corrected chi connectivity index (χ4v) is 13.8. The van der Waals surface area contributed by atoms with Gasteiger partial charge in [-0.3, -0.25) is 0 Å². The molecule has 0 unspecified atom stereocenters. The topological polar surface area (TPSA) is 3.24 Å². The highest BCUT2D eigenvalue weighted by Gasteiger charge is 2.57. The molecule has 0 bridgehead atoms. The molecule has 0 fully saturated rings. The number of benzene rings is 10. The van der Waals surface area contributed by atoms with Gasteiger partial charge in [-0.15, -0.1) is 0 Å². The molecule has 1 spiro atoms. The molecule has 1 heteroatoms. The minimum absolute atomic E-state index is 0.154. The molecule has 14 rings (SSSR count). The van der Waals surface area contributed by atoms with E-state index in [9.17, 15) is 0 Å². The van der Waals surface area contributed by atoms with Gasteiger partial charge in [0.1, 0.15) is 0 Å². The first-order chi connectivity index (χ1) is 33.7. The molecule has 1 nitrogen and oxygen atoms in total. The van der Waals surface area contributed by atoms with Crippen molar-refractivity contribution in [3.63, 3.8) is 0 Å². The third-order valence-corrected chi connectivity index (χ3v) is 16.8. The van der Waals surface area contributed by atoms with Crippen LogP contribution in [0.2, 0.25) is 0 Å². The fourth-order valence-electron chi connectivity index (χ4n) is 13.8. The molecule has 328 valence electrons. The highest BCUT2D eigenvalue weighted by atomic mass is 15.1. The summed E-state index contributed by atoms with van der Waals surface area (Å²) in [5, 5.41) is 0. The van der Waals surface area contributed by atoms with E-state index in [1.54, 1.807) is 0 Å². The van der Waals surface area contributed by atoms with Gasteiger partial charge in [0.05, 0.1) is 10.8 Å². The second kappa shape index (κ2) is 14.3. The van der Waals surface area contributed by atoms with E-state index in [0.29, 0.717) is 0 Å². The van der Waals surface area contributed by atoms with Crippen molar-refractivity contribution in [2.24, 2.45) is 0 Å². The Hall–Kier alpha value is -8.00. The van der Waals surface area contributed by atoms with Gasteiger partial charge in [-0.05, 0) is 137 Å². The Bertz CT molecular complexity index is 3540. The van der Waals surface area contributed by atoms with Crippen LogP contribution in [0, 0.1) is 0 Å². The first kappa shape index (κ1) is 40.1. The van der Waals surface area contributed by atoms with Crippen LogP contribution in [0.15, 0.2) is 237 Å². The highest BCUT2D eigenvalue weighted by molar-refractivity contribution is 5.94. The standard InChI is InChI=1S/C68H51N/c1-65(2)55-28-14-11-25-49(55)52-38-35-46(41-62(52)65)69(47-36-39-53-50-26-12-15-29-56(50)66(3,4)63(53)42-47)48-37-40-54-51-27-13-16-30-57(51)68(64(54)43-48)60-33-19-17-31-58(60)67(44-21-7-5-8-22-44,45-23-9-6-10-24-45)59-32-18-20-34-61(59)68/h5-43H,1-4H3. The summed E-state index contributed by atoms with van der Waals surface area (Å²) in [6, 6.07) is 90.1. The lowest BCUT2D eigenvalue weighted by molar-refractivity contribution is 0.623. The van der Waals surface area contributed by atoms with Crippen LogP contribution >= 0.6 is 0 Å². The van der Waals surface area contributed by atoms with Gasteiger partial charge in [0.25, 0.3) is 0 Å². The van der Waals surface area contributed by atoms with Gasteiger partial charge in [-0.25, -0.2) is 0 Å². The predicted molar refractivity (Wildman–Crippen MR) is 285 cm³/mol. The molecular formula is C68H51N. The van der Waals surface area contributed by atoms with Crippen molar-refractivity contribution in [2.75, 3.05) is 4.90 Å². The van der Waals surface area contributed by atoms with Gasteiger partial charge >= 0.3 is 0 Å². The van der Waals surface area contributed by atoms with Gasteiger partial charge in [0.2, 0.25) is 0 Å². The van der Waals surface area contributed by atoms with Gasteiger partial charge in [0, 0.05) is 27.9 Å². The van der Waals surface area contributed by atoms with Gasteiger partial charge < -0.3 is 4.90 Å². The van der Waals surface area contributed by atoms with E-state index in [1.165, 1.54) is 100 Å². The number of hydrogen-bond donors (Lipinski definition) is 0. The Morgan fingerprint density at radius 3 is 0.942 bits per heavy atom. The van der Waals surface area contributed by atoms with E-state index in [0.717, 1.165) is 17.1 Å². The van der Waals surface area contributed by atoms with Crippen LogP contribution in [0.25, 0.3) is 33.4 Å². The average Bonchev–Trinajstić information content (AvgIpc) is 3.91. The lowest BCUT2D eigenvalue weighted by Crippen LogP contribution is -2.44. The third kappa shape index (κ3) is 5.15. The maximum atomic E-state index is 2.56. The summed E-state index contributed by atoms with van der Waals surface area (Å²) >= 11 is 0. The van der Waals surface area contributed by atoms with Crippen LogP contribution in [0.1, 0.15) is 94.5 Å². The Morgan fingerprint density at radius 1 is 0.232 bits per heavy atom. The van der Waals surface area contributed by atoms with Crippen LogP contribution < -0.4 is 4.90 Å². The summed E-state index contributed by atoms with van der Waals surface area (Å²) < 4.78 is 0. The average molecular weight is 882 g/mol. The molecule has 10 aromatic rings. The molecule has 10 aromatic carbocycles. The molecule has 0 N–H and O–H groups in total. The fraction of sp³-hybridized carbons (Fsp3) is 0.118. The molecule has 0 amide bonds. The Morgan fingerprint density at radius 2 is 0.522 bits per heavy atom. The zero-order valence-electron chi connectivity index (χ0n) is 39.5. The molecule has 0 atom stereocenters. The smallest absolute Gasteiger partial charge is 0.0720 e. The molecule has 0 saturated heterocycles. The zero-order chi connectivity index (χ0) is 46.3. The predicted octanol–water partition coefficient (Wildman–Crippen LogP) is 16.8. The van der Waals surface area contributed by atoms with Crippen LogP contribution in [-0.4, -0.2) is 0 Å². The molecule has 0 heterocycles. The normalized spacial score (nSPS) is 16.0. The van der Waals surface area contributed by atoms with Crippen LogP contribution in [0.5, 0.6) is 0 Å². The van der Waals surface area contributed by atoms with Crippen molar-refractivity contribution in [3.8, 4) is 33.4 Å². The van der Waals surface area contributed by atoms with E-state index in [1.807, 2.05) is 0 Å². The summed E-state index contributed by atoms with van der Waals surface area (Å²) in [4.78, 5) is 2.55.